The Labute approximate surface area is 118 Å². The molecule has 0 N–H and O–H groups in total. The molecule has 0 aliphatic carbocycles. The van der Waals surface area contributed by atoms with Crippen LogP contribution >= 0.6 is 10.7 Å². The Morgan fingerprint density at radius 1 is 0.947 bits per heavy atom. The molecule has 0 saturated carbocycles. The van der Waals surface area contributed by atoms with Crippen LogP contribution in [0.15, 0.2) is 59.5 Å². The van der Waals surface area contributed by atoms with Crippen LogP contribution in [0.1, 0.15) is 5.56 Å². The first-order valence-electron chi connectivity index (χ1n) is 5.54. The number of hydrogen-bond acceptors (Lipinski definition) is 3. The SMILES string of the molecule is COc1ccccc1.Cc1ccc(S(=O)(=O)Cl)cc1. The van der Waals surface area contributed by atoms with Crippen molar-refractivity contribution in [2.45, 2.75) is 11.8 Å². The molecule has 3 nitrogen and oxygen atoms in total. The summed E-state index contributed by atoms with van der Waals surface area (Å²) < 4.78 is 26.3. The second-order valence-corrected chi connectivity index (χ2v) is 6.33. The van der Waals surface area contributed by atoms with E-state index in [0.717, 1.165) is 11.3 Å². The first kappa shape index (κ1) is 15.5. The van der Waals surface area contributed by atoms with Crippen molar-refractivity contribution >= 4 is 19.7 Å². The van der Waals surface area contributed by atoms with Crippen molar-refractivity contribution in [3.8, 4) is 5.75 Å². The summed E-state index contributed by atoms with van der Waals surface area (Å²) >= 11 is 0. The number of ether oxygens (including phenoxy) is 1. The Bertz CT molecular complexity index is 592. The van der Waals surface area contributed by atoms with E-state index in [2.05, 4.69) is 0 Å². The Hall–Kier alpha value is -1.52. The molecule has 2 rings (SSSR count). The topological polar surface area (TPSA) is 43.4 Å². The molecule has 2 aromatic carbocycles. The average Bonchev–Trinajstić information content (AvgIpc) is 2.40. The van der Waals surface area contributed by atoms with E-state index in [4.69, 9.17) is 15.4 Å². The van der Waals surface area contributed by atoms with Gasteiger partial charge in [-0.2, -0.15) is 0 Å². The maximum atomic E-state index is 10.7. The van der Waals surface area contributed by atoms with E-state index in [-0.39, 0.29) is 4.90 Å². The van der Waals surface area contributed by atoms with Gasteiger partial charge in [0.25, 0.3) is 9.05 Å². The van der Waals surface area contributed by atoms with Crippen molar-refractivity contribution in [2.75, 3.05) is 7.11 Å². The van der Waals surface area contributed by atoms with Gasteiger partial charge in [-0.25, -0.2) is 8.42 Å². The van der Waals surface area contributed by atoms with Gasteiger partial charge in [0.2, 0.25) is 0 Å². The van der Waals surface area contributed by atoms with Crippen LogP contribution in [0.3, 0.4) is 0 Å². The van der Waals surface area contributed by atoms with Crippen molar-refractivity contribution < 1.29 is 13.2 Å². The maximum Gasteiger partial charge on any atom is 0.261 e. The summed E-state index contributed by atoms with van der Waals surface area (Å²) in [6.45, 7) is 1.88. The number of methoxy groups -OCH3 is 1. The summed E-state index contributed by atoms with van der Waals surface area (Å²) in [7, 11) is 3.20. The van der Waals surface area contributed by atoms with Crippen molar-refractivity contribution in [3.05, 3.63) is 60.2 Å². The number of rotatable bonds is 2. The average molecular weight is 299 g/mol. The second kappa shape index (κ2) is 7.16. The van der Waals surface area contributed by atoms with E-state index in [1.807, 2.05) is 37.3 Å². The molecule has 0 saturated heterocycles. The highest BCUT2D eigenvalue weighted by Gasteiger charge is 2.07. The maximum absolute atomic E-state index is 10.7. The van der Waals surface area contributed by atoms with Crippen LogP contribution in [-0.2, 0) is 9.05 Å². The van der Waals surface area contributed by atoms with E-state index < -0.39 is 9.05 Å². The molecule has 0 amide bonds. The summed E-state index contributed by atoms with van der Waals surface area (Å²) in [4.78, 5) is 0.143. The van der Waals surface area contributed by atoms with Gasteiger partial charge in [-0.15, -0.1) is 0 Å². The second-order valence-electron chi connectivity index (χ2n) is 3.77. The Morgan fingerprint density at radius 2 is 1.47 bits per heavy atom. The van der Waals surface area contributed by atoms with Gasteiger partial charge < -0.3 is 4.74 Å². The molecule has 0 heterocycles. The molecule has 0 fully saturated rings. The molecule has 0 aliphatic rings. The molecule has 0 atom stereocenters. The number of benzene rings is 2. The van der Waals surface area contributed by atoms with Crippen LogP contribution in [0.5, 0.6) is 5.75 Å². The molecule has 0 aromatic heterocycles. The molecular formula is C14H15ClO3S. The van der Waals surface area contributed by atoms with E-state index in [1.54, 1.807) is 19.2 Å². The van der Waals surface area contributed by atoms with Crippen LogP contribution in [0, 0.1) is 6.92 Å². The molecule has 2 aromatic rings. The number of hydrogen-bond donors (Lipinski definition) is 0. The Kier molecular flexibility index (Phi) is 5.86. The first-order chi connectivity index (χ1) is 8.93. The normalized spacial score (nSPS) is 10.3. The quantitative estimate of drug-likeness (QED) is 0.795. The zero-order valence-electron chi connectivity index (χ0n) is 10.7. The molecule has 0 bridgehead atoms. The van der Waals surface area contributed by atoms with Crippen LogP contribution < -0.4 is 4.74 Å². The van der Waals surface area contributed by atoms with Crippen LogP contribution in [0.2, 0.25) is 0 Å². The van der Waals surface area contributed by atoms with Crippen LogP contribution in [0.25, 0.3) is 0 Å². The lowest BCUT2D eigenvalue weighted by atomic mass is 10.2. The summed E-state index contributed by atoms with van der Waals surface area (Å²) in [5, 5.41) is 0. The van der Waals surface area contributed by atoms with E-state index in [1.165, 1.54) is 12.1 Å². The van der Waals surface area contributed by atoms with Crippen LogP contribution in [-0.4, -0.2) is 15.5 Å². The highest BCUT2D eigenvalue weighted by atomic mass is 35.7. The van der Waals surface area contributed by atoms with Crippen LogP contribution in [0.4, 0.5) is 0 Å². The van der Waals surface area contributed by atoms with E-state index in [0.29, 0.717) is 0 Å². The number of para-hydroxylation sites is 1. The van der Waals surface area contributed by atoms with Crippen molar-refractivity contribution in [1.82, 2.24) is 0 Å². The Morgan fingerprint density at radius 3 is 1.84 bits per heavy atom. The minimum absolute atomic E-state index is 0.143. The summed E-state index contributed by atoms with van der Waals surface area (Å²) in [6, 6.07) is 16.1. The van der Waals surface area contributed by atoms with E-state index in [9.17, 15) is 8.42 Å². The third kappa shape index (κ3) is 5.77. The lowest BCUT2D eigenvalue weighted by molar-refractivity contribution is 0.415. The third-order valence-corrected chi connectivity index (χ3v) is 3.65. The van der Waals surface area contributed by atoms with Gasteiger partial charge in [-0.1, -0.05) is 35.9 Å². The predicted molar refractivity (Wildman–Crippen MR) is 77.2 cm³/mol. The summed E-state index contributed by atoms with van der Waals surface area (Å²) in [6.07, 6.45) is 0. The lowest BCUT2D eigenvalue weighted by Gasteiger charge is -1.94. The molecule has 0 aliphatic heterocycles. The van der Waals surface area contributed by atoms with Gasteiger partial charge in [-0.3, -0.25) is 0 Å². The third-order valence-electron chi connectivity index (χ3n) is 2.28. The van der Waals surface area contributed by atoms with Gasteiger partial charge in [0.15, 0.2) is 0 Å². The molecule has 19 heavy (non-hydrogen) atoms. The number of halogens is 1. The first-order valence-corrected chi connectivity index (χ1v) is 7.85. The van der Waals surface area contributed by atoms with Gasteiger partial charge in [0.1, 0.15) is 5.75 Å². The van der Waals surface area contributed by atoms with Gasteiger partial charge in [0, 0.05) is 10.7 Å². The fourth-order valence-corrected chi connectivity index (χ4v) is 2.03. The fourth-order valence-electron chi connectivity index (χ4n) is 1.26. The molecule has 102 valence electrons. The minimum atomic E-state index is -3.55. The zero-order chi connectivity index (χ0) is 14.3. The lowest BCUT2D eigenvalue weighted by Crippen LogP contribution is -1.89. The zero-order valence-corrected chi connectivity index (χ0v) is 12.3. The fraction of sp³-hybridized carbons (Fsp3) is 0.143. The molecule has 0 radical (unpaired) electrons. The summed E-state index contributed by atoms with van der Waals surface area (Å²) in [5.74, 6) is 0.910. The smallest absolute Gasteiger partial charge is 0.261 e. The minimum Gasteiger partial charge on any atom is -0.497 e. The monoisotopic (exact) mass is 298 g/mol. The largest absolute Gasteiger partial charge is 0.497 e. The standard InChI is InChI=1S/C7H7ClO2S.C7H8O/c1-6-2-4-7(5-3-6)11(8,9)10;1-8-7-5-3-2-4-6-7/h2-5H,1H3;2-6H,1H3. The van der Waals surface area contributed by atoms with Crippen molar-refractivity contribution in [3.63, 3.8) is 0 Å². The van der Waals surface area contributed by atoms with E-state index >= 15 is 0 Å². The van der Waals surface area contributed by atoms with Gasteiger partial charge >= 0.3 is 0 Å². The molecule has 5 heteroatoms. The number of aryl methyl sites for hydroxylation is 1. The molecule has 0 spiro atoms. The van der Waals surface area contributed by atoms with Gasteiger partial charge in [-0.05, 0) is 31.2 Å². The molecule has 0 unspecified atom stereocenters. The summed E-state index contributed by atoms with van der Waals surface area (Å²) in [5.41, 5.74) is 1.01. The molecular weight excluding hydrogens is 284 g/mol. The van der Waals surface area contributed by atoms with Gasteiger partial charge in [0.05, 0.1) is 12.0 Å². The Balaban J connectivity index is 0.000000200. The predicted octanol–water partition coefficient (Wildman–Crippen LogP) is 3.62. The van der Waals surface area contributed by atoms with Crippen molar-refractivity contribution in [2.24, 2.45) is 0 Å². The highest BCUT2D eigenvalue weighted by Crippen LogP contribution is 2.14. The highest BCUT2D eigenvalue weighted by molar-refractivity contribution is 8.13. The van der Waals surface area contributed by atoms with Crippen molar-refractivity contribution in [1.29, 1.82) is 0 Å².